The first-order chi connectivity index (χ1) is 12.4. The lowest BCUT2D eigenvalue weighted by Gasteiger charge is -2.35. The maximum Gasteiger partial charge on any atom is 0.318 e. The molecule has 0 unspecified atom stereocenters. The number of hydrogen-bond acceptors (Lipinski definition) is 3. The summed E-state index contributed by atoms with van der Waals surface area (Å²) in [5.74, 6) is -1.43. The van der Waals surface area contributed by atoms with Crippen molar-refractivity contribution in [1.29, 1.82) is 0 Å². The molecule has 0 N–H and O–H groups in total. The van der Waals surface area contributed by atoms with E-state index in [1.807, 2.05) is 30.3 Å². The number of benzene rings is 1. The molecule has 0 saturated carbocycles. The second kappa shape index (κ2) is 8.67. The molecule has 1 aromatic rings. The molecule has 2 rings (SSSR count). The van der Waals surface area contributed by atoms with E-state index in [2.05, 4.69) is 27.4 Å². The molecule has 1 aliphatic heterocycles. The second-order valence-electron chi connectivity index (χ2n) is 7.18. The molecule has 1 saturated heterocycles. The van der Waals surface area contributed by atoms with Crippen molar-refractivity contribution < 1.29 is 14.3 Å². The molecule has 0 spiro atoms. The number of likely N-dealkylation sites (tertiary alicyclic amines) is 1. The van der Waals surface area contributed by atoms with Gasteiger partial charge in [0.2, 0.25) is 5.91 Å². The van der Waals surface area contributed by atoms with Crippen LogP contribution in [0.15, 0.2) is 42.1 Å². The highest BCUT2D eigenvalue weighted by molar-refractivity contribution is 6.86. The van der Waals surface area contributed by atoms with Gasteiger partial charge >= 0.3 is 5.97 Å². The smallest absolute Gasteiger partial charge is 0.318 e. The van der Waals surface area contributed by atoms with E-state index in [0.717, 1.165) is 28.9 Å². The van der Waals surface area contributed by atoms with Crippen LogP contribution in [0.2, 0.25) is 18.1 Å². The van der Waals surface area contributed by atoms with E-state index in [-0.39, 0.29) is 11.8 Å². The van der Waals surface area contributed by atoms with Crippen LogP contribution in [0.4, 0.5) is 0 Å². The first kappa shape index (κ1) is 20.4. The predicted octanol–water partition coefficient (Wildman–Crippen LogP) is 4.04. The van der Waals surface area contributed by atoms with Crippen LogP contribution in [0, 0.1) is 11.8 Å². The summed E-state index contributed by atoms with van der Waals surface area (Å²) in [6, 6.07) is 13.2. The zero-order valence-electron chi connectivity index (χ0n) is 16.5. The van der Waals surface area contributed by atoms with Crippen molar-refractivity contribution in [3.8, 4) is 0 Å². The summed E-state index contributed by atoms with van der Waals surface area (Å²) in [6.45, 7) is 12.2. The Kier molecular flexibility index (Phi) is 6.81. The molecule has 1 heterocycles. The summed E-state index contributed by atoms with van der Waals surface area (Å²) in [7, 11) is -0.358. The molecule has 4 nitrogen and oxygen atoms in total. The number of amides is 1. The first-order valence-corrected chi connectivity index (χ1v) is 12.2. The Morgan fingerprint density at radius 2 is 1.77 bits per heavy atom. The van der Waals surface area contributed by atoms with E-state index in [9.17, 15) is 9.59 Å². The molecule has 0 aromatic heterocycles. The van der Waals surface area contributed by atoms with E-state index in [1.165, 1.54) is 7.11 Å². The van der Waals surface area contributed by atoms with Crippen molar-refractivity contribution >= 4 is 20.0 Å². The van der Waals surface area contributed by atoms with Crippen LogP contribution in [-0.4, -0.2) is 38.5 Å². The second-order valence-corrected chi connectivity index (χ2v) is 12.5. The van der Waals surface area contributed by atoms with Crippen LogP contribution in [0.25, 0.3) is 0 Å². The number of ether oxygens (including phenoxy) is 1. The molecule has 1 fully saturated rings. The zero-order chi connectivity index (χ0) is 19.3. The number of rotatable bonds is 8. The molecule has 5 heteroatoms. The number of hydrogen-bond donors (Lipinski definition) is 0. The summed E-state index contributed by atoms with van der Waals surface area (Å²) in [6.07, 6.45) is 0. The molecule has 142 valence electrons. The van der Waals surface area contributed by atoms with Gasteiger partial charge in [-0.2, -0.15) is 0 Å². The Morgan fingerprint density at radius 1 is 1.19 bits per heavy atom. The van der Waals surface area contributed by atoms with Gasteiger partial charge in [-0.15, -0.1) is 6.58 Å². The molecule has 1 aliphatic rings. The maximum atomic E-state index is 13.0. The van der Waals surface area contributed by atoms with E-state index < -0.39 is 20.0 Å². The summed E-state index contributed by atoms with van der Waals surface area (Å²) < 4.78 is 4.98. The van der Waals surface area contributed by atoms with E-state index in [1.54, 1.807) is 4.90 Å². The van der Waals surface area contributed by atoms with Crippen LogP contribution in [0.3, 0.4) is 0 Å². The number of methoxy groups -OCH3 is 1. The van der Waals surface area contributed by atoms with Gasteiger partial charge in [0.15, 0.2) is 0 Å². The van der Waals surface area contributed by atoms with Crippen molar-refractivity contribution in [3.05, 3.63) is 47.7 Å². The highest BCUT2D eigenvalue weighted by atomic mass is 28.3. The highest BCUT2D eigenvalue weighted by Crippen LogP contribution is 2.40. The van der Waals surface area contributed by atoms with Crippen molar-refractivity contribution in [2.24, 2.45) is 11.8 Å². The summed E-state index contributed by atoms with van der Waals surface area (Å²) >= 11 is 0. The van der Waals surface area contributed by atoms with Gasteiger partial charge in [0.05, 0.1) is 15.2 Å². The average molecular weight is 374 g/mol. The van der Waals surface area contributed by atoms with E-state index >= 15 is 0 Å². The minimum Gasteiger partial charge on any atom is -0.468 e. The Balaban J connectivity index is 2.32. The summed E-state index contributed by atoms with van der Waals surface area (Å²) in [5, 5.41) is 1.16. The fourth-order valence-corrected chi connectivity index (χ4v) is 8.18. The largest absolute Gasteiger partial charge is 0.468 e. The Bertz CT molecular complexity index is 646. The van der Waals surface area contributed by atoms with Gasteiger partial charge in [-0.25, -0.2) is 0 Å². The molecule has 1 amide bonds. The van der Waals surface area contributed by atoms with Crippen molar-refractivity contribution in [3.63, 3.8) is 0 Å². The standard InChI is InChI=1S/C21H31NO3Si/c1-6-26(7-2,8-3)16(4)18-15-22(14-17-12-10-9-11-13-17)20(23)19(18)21(24)25-5/h9-13,18-19H,4,6-8,14-15H2,1-3,5H3/t18-,19-/m0/s1. The minimum atomic E-state index is -1.72. The lowest BCUT2D eigenvalue weighted by atomic mass is 9.95. The fourth-order valence-electron chi connectivity index (χ4n) is 4.28. The molecular formula is C21H31NO3Si. The normalized spacial score (nSPS) is 20.3. The molecule has 0 aliphatic carbocycles. The topological polar surface area (TPSA) is 46.6 Å². The van der Waals surface area contributed by atoms with Gasteiger partial charge < -0.3 is 9.64 Å². The Hall–Kier alpha value is -1.88. The van der Waals surface area contributed by atoms with E-state index in [0.29, 0.717) is 13.1 Å². The van der Waals surface area contributed by atoms with Gasteiger partial charge in [0.1, 0.15) is 5.92 Å². The minimum absolute atomic E-state index is 0.127. The third-order valence-corrected chi connectivity index (χ3v) is 12.0. The maximum absolute atomic E-state index is 13.0. The van der Waals surface area contributed by atoms with E-state index in [4.69, 9.17) is 4.74 Å². The van der Waals surface area contributed by atoms with Crippen LogP contribution < -0.4 is 0 Å². The Morgan fingerprint density at radius 3 is 2.27 bits per heavy atom. The number of nitrogens with zero attached hydrogens (tertiary/aromatic N) is 1. The zero-order valence-corrected chi connectivity index (χ0v) is 17.5. The SMILES string of the molecule is C=C([C@@H]1CN(Cc2ccccc2)C(=O)[C@H]1C(=O)OC)[Si](CC)(CC)CC. The molecule has 26 heavy (non-hydrogen) atoms. The van der Waals surface area contributed by atoms with Gasteiger partial charge in [-0.05, 0) is 5.56 Å². The first-order valence-electron chi connectivity index (χ1n) is 9.53. The van der Waals surface area contributed by atoms with Gasteiger partial charge in [-0.1, -0.05) is 74.4 Å². The summed E-state index contributed by atoms with van der Waals surface area (Å²) in [5.41, 5.74) is 1.07. The third-order valence-electron chi connectivity index (χ3n) is 6.23. The van der Waals surface area contributed by atoms with Crippen LogP contribution in [0.5, 0.6) is 0 Å². The lowest BCUT2D eigenvalue weighted by Crippen LogP contribution is -2.41. The molecular weight excluding hydrogens is 342 g/mol. The molecule has 0 radical (unpaired) electrons. The molecule has 2 atom stereocenters. The van der Waals surface area contributed by atoms with Crippen LogP contribution >= 0.6 is 0 Å². The quantitative estimate of drug-likeness (QED) is 0.392. The van der Waals surface area contributed by atoms with Crippen LogP contribution in [-0.2, 0) is 20.9 Å². The molecule has 1 aromatic carbocycles. The summed E-state index contributed by atoms with van der Waals surface area (Å²) in [4.78, 5) is 27.2. The predicted molar refractivity (Wildman–Crippen MR) is 107 cm³/mol. The van der Waals surface area contributed by atoms with Gasteiger partial charge in [-0.3, -0.25) is 9.59 Å². The van der Waals surface area contributed by atoms with Crippen molar-refractivity contribution in [2.75, 3.05) is 13.7 Å². The van der Waals surface area contributed by atoms with Crippen molar-refractivity contribution in [1.82, 2.24) is 4.90 Å². The van der Waals surface area contributed by atoms with Crippen LogP contribution in [0.1, 0.15) is 26.3 Å². The number of carbonyl (C=O) groups excluding carboxylic acids is 2. The van der Waals surface area contributed by atoms with Gasteiger partial charge in [0, 0.05) is 19.0 Å². The number of esters is 1. The third kappa shape index (κ3) is 3.77. The number of carbonyl (C=O) groups is 2. The van der Waals surface area contributed by atoms with Gasteiger partial charge in [0.25, 0.3) is 0 Å². The fraction of sp³-hybridized carbons (Fsp3) is 0.524. The highest BCUT2D eigenvalue weighted by Gasteiger charge is 2.50. The molecule has 0 bridgehead atoms. The van der Waals surface area contributed by atoms with Crippen molar-refractivity contribution in [2.45, 2.75) is 45.4 Å². The lowest BCUT2D eigenvalue weighted by molar-refractivity contribution is -0.151. The monoisotopic (exact) mass is 373 g/mol. The average Bonchev–Trinajstić information content (AvgIpc) is 3.00. The Labute approximate surface area is 158 Å².